The highest BCUT2D eigenvalue weighted by atomic mass is 16.3. The molecule has 1 aliphatic carbocycles. The SMILES string of the molecule is Cc1nn(CCO)c(C)c1CNCC1([C@@H](C)CCO)CCC1. The third kappa shape index (κ3) is 3.53. The van der Waals surface area contributed by atoms with E-state index >= 15 is 0 Å². The molecule has 0 aliphatic heterocycles. The van der Waals surface area contributed by atoms with E-state index in [1.165, 1.54) is 24.8 Å². The molecule has 126 valence electrons. The van der Waals surface area contributed by atoms with Crippen molar-refractivity contribution in [3.8, 4) is 0 Å². The summed E-state index contributed by atoms with van der Waals surface area (Å²) in [5, 5.41) is 26.4. The Labute approximate surface area is 133 Å². The van der Waals surface area contributed by atoms with Crippen molar-refractivity contribution < 1.29 is 10.2 Å². The van der Waals surface area contributed by atoms with E-state index in [1.54, 1.807) is 0 Å². The van der Waals surface area contributed by atoms with Gasteiger partial charge in [0, 0.05) is 31.0 Å². The Morgan fingerprint density at radius 1 is 1.27 bits per heavy atom. The first kappa shape index (κ1) is 17.4. The number of aliphatic hydroxyl groups is 2. The van der Waals surface area contributed by atoms with Gasteiger partial charge in [-0.15, -0.1) is 0 Å². The van der Waals surface area contributed by atoms with Crippen molar-refractivity contribution in [3.63, 3.8) is 0 Å². The zero-order valence-electron chi connectivity index (χ0n) is 14.2. The molecular formula is C17H31N3O2. The highest BCUT2D eigenvalue weighted by Crippen LogP contribution is 2.47. The highest BCUT2D eigenvalue weighted by molar-refractivity contribution is 5.24. The lowest BCUT2D eigenvalue weighted by Crippen LogP contribution is -2.45. The van der Waals surface area contributed by atoms with Crippen LogP contribution in [0, 0.1) is 25.2 Å². The van der Waals surface area contributed by atoms with Crippen LogP contribution >= 0.6 is 0 Å². The van der Waals surface area contributed by atoms with Gasteiger partial charge in [0.25, 0.3) is 0 Å². The second-order valence-corrected chi connectivity index (χ2v) is 6.83. The van der Waals surface area contributed by atoms with Gasteiger partial charge < -0.3 is 15.5 Å². The zero-order chi connectivity index (χ0) is 16.2. The first-order chi connectivity index (χ1) is 10.5. The number of rotatable bonds is 9. The molecule has 22 heavy (non-hydrogen) atoms. The number of hydrogen-bond acceptors (Lipinski definition) is 4. The van der Waals surface area contributed by atoms with Crippen LogP contribution in [-0.2, 0) is 13.1 Å². The number of aliphatic hydroxyl groups excluding tert-OH is 2. The van der Waals surface area contributed by atoms with Gasteiger partial charge >= 0.3 is 0 Å². The molecule has 1 heterocycles. The van der Waals surface area contributed by atoms with Gasteiger partial charge in [0.05, 0.1) is 18.8 Å². The van der Waals surface area contributed by atoms with E-state index in [-0.39, 0.29) is 13.2 Å². The Bertz CT molecular complexity index is 480. The summed E-state index contributed by atoms with van der Waals surface area (Å²) in [5.74, 6) is 0.568. The van der Waals surface area contributed by atoms with Crippen molar-refractivity contribution in [2.45, 2.75) is 59.5 Å². The predicted octanol–water partition coefficient (Wildman–Crippen LogP) is 1.77. The maximum Gasteiger partial charge on any atom is 0.0644 e. The predicted molar refractivity (Wildman–Crippen MR) is 87.6 cm³/mol. The van der Waals surface area contributed by atoms with Gasteiger partial charge in [-0.3, -0.25) is 4.68 Å². The molecule has 0 amide bonds. The van der Waals surface area contributed by atoms with Crippen LogP contribution in [0.15, 0.2) is 0 Å². The minimum Gasteiger partial charge on any atom is -0.396 e. The standard InChI is InChI=1S/C17H31N3O2/c1-13(5-9-21)17(6-4-7-17)12-18-11-16-14(2)19-20(8-10-22)15(16)3/h13,18,21-22H,4-12H2,1-3H3/t13-/m0/s1. The summed E-state index contributed by atoms with van der Waals surface area (Å²) < 4.78 is 1.89. The fraction of sp³-hybridized carbons (Fsp3) is 0.824. The molecule has 0 aromatic carbocycles. The topological polar surface area (TPSA) is 70.3 Å². The van der Waals surface area contributed by atoms with Crippen LogP contribution in [0.4, 0.5) is 0 Å². The minimum atomic E-state index is 0.122. The summed E-state index contributed by atoms with van der Waals surface area (Å²) in [6.45, 7) is 9.18. The molecule has 1 fully saturated rings. The number of hydrogen-bond donors (Lipinski definition) is 3. The van der Waals surface area contributed by atoms with Crippen LogP contribution in [0.25, 0.3) is 0 Å². The molecule has 1 atom stereocenters. The molecule has 1 aromatic heterocycles. The van der Waals surface area contributed by atoms with Crippen molar-refractivity contribution in [1.82, 2.24) is 15.1 Å². The van der Waals surface area contributed by atoms with Gasteiger partial charge in [0.15, 0.2) is 0 Å². The molecule has 0 saturated heterocycles. The molecule has 0 spiro atoms. The van der Waals surface area contributed by atoms with Crippen LogP contribution in [-0.4, -0.2) is 39.8 Å². The Morgan fingerprint density at radius 3 is 2.55 bits per heavy atom. The molecule has 1 aromatic rings. The summed E-state index contributed by atoms with van der Waals surface area (Å²) in [7, 11) is 0. The van der Waals surface area contributed by atoms with Crippen LogP contribution in [0.3, 0.4) is 0 Å². The Balaban J connectivity index is 1.93. The summed E-state index contributed by atoms with van der Waals surface area (Å²) in [4.78, 5) is 0. The van der Waals surface area contributed by atoms with Gasteiger partial charge in [-0.2, -0.15) is 5.10 Å². The Morgan fingerprint density at radius 2 is 2.00 bits per heavy atom. The molecule has 5 nitrogen and oxygen atoms in total. The van der Waals surface area contributed by atoms with Crippen molar-refractivity contribution in [3.05, 3.63) is 17.0 Å². The van der Waals surface area contributed by atoms with E-state index in [4.69, 9.17) is 5.11 Å². The second kappa shape index (κ2) is 7.57. The van der Waals surface area contributed by atoms with Crippen molar-refractivity contribution in [2.75, 3.05) is 19.8 Å². The van der Waals surface area contributed by atoms with E-state index in [9.17, 15) is 5.11 Å². The van der Waals surface area contributed by atoms with E-state index in [2.05, 4.69) is 24.3 Å². The second-order valence-electron chi connectivity index (χ2n) is 6.83. The molecule has 3 N–H and O–H groups in total. The van der Waals surface area contributed by atoms with E-state index in [1.807, 2.05) is 11.6 Å². The zero-order valence-corrected chi connectivity index (χ0v) is 14.2. The highest BCUT2D eigenvalue weighted by Gasteiger charge is 2.40. The van der Waals surface area contributed by atoms with Gasteiger partial charge in [0.1, 0.15) is 0 Å². The van der Waals surface area contributed by atoms with Crippen LogP contribution < -0.4 is 5.32 Å². The quantitative estimate of drug-likeness (QED) is 0.650. The summed E-state index contributed by atoms with van der Waals surface area (Å²) in [6, 6.07) is 0. The average Bonchev–Trinajstić information content (AvgIpc) is 2.69. The number of nitrogens with one attached hydrogen (secondary N) is 1. The van der Waals surface area contributed by atoms with Crippen LogP contribution in [0.2, 0.25) is 0 Å². The lowest BCUT2D eigenvalue weighted by molar-refractivity contribution is 0.0427. The van der Waals surface area contributed by atoms with Crippen molar-refractivity contribution >= 4 is 0 Å². The summed E-state index contributed by atoms with van der Waals surface area (Å²) >= 11 is 0. The first-order valence-corrected chi connectivity index (χ1v) is 8.49. The summed E-state index contributed by atoms with van der Waals surface area (Å²) in [5.41, 5.74) is 3.80. The fourth-order valence-electron chi connectivity index (χ4n) is 3.71. The lowest BCUT2D eigenvalue weighted by atomic mass is 9.60. The monoisotopic (exact) mass is 309 g/mol. The molecule has 1 aliphatic rings. The Hall–Kier alpha value is -0.910. The molecule has 2 rings (SSSR count). The third-order valence-corrected chi connectivity index (χ3v) is 5.58. The molecular weight excluding hydrogens is 278 g/mol. The average molecular weight is 309 g/mol. The number of nitrogens with zero attached hydrogens (tertiary/aromatic N) is 2. The van der Waals surface area contributed by atoms with Gasteiger partial charge in [-0.25, -0.2) is 0 Å². The van der Waals surface area contributed by atoms with E-state index in [0.717, 1.165) is 30.9 Å². The first-order valence-electron chi connectivity index (χ1n) is 8.49. The molecule has 0 radical (unpaired) electrons. The third-order valence-electron chi connectivity index (χ3n) is 5.58. The Kier molecular flexibility index (Phi) is 6.01. The number of aromatic nitrogens is 2. The smallest absolute Gasteiger partial charge is 0.0644 e. The van der Waals surface area contributed by atoms with E-state index < -0.39 is 0 Å². The number of aryl methyl sites for hydroxylation is 1. The lowest BCUT2D eigenvalue weighted by Gasteiger charge is -2.47. The van der Waals surface area contributed by atoms with Gasteiger partial charge in [-0.05, 0) is 44.4 Å². The molecule has 1 saturated carbocycles. The maximum absolute atomic E-state index is 9.20. The van der Waals surface area contributed by atoms with Gasteiger partial charge in [-0.1, -0.05) is 13.3 Å². The fourth-order valence-corrected chi connectivity index (χ4v) is 3.71. The largest absolute Gasteiger partial charge is 0.396 e. The van der Waals surface area contributed by atoms with Crippen LogP contribution in [0.1, 0.15) is 49.6 Å². The molecule has 5 heteroatoms. The van der Waals surface area contributed by atoms with Gasteiger partial charge in [0.2, 0.25) is 0 Å². The molecule has 0 unspecified atom stereocenters. The summed E-state index contributed by atoms with van der Waals surface area (Å²) in [6.07, 6.45) is 4.74. The van der Waals surface area contributed by atoms with Crippen molar-refractivity contribution in [1.29, 1.82) is 0 Å². The maximum atomic E-state index is 9.20. The van der Waals surface area contributed by atoms with Crippen LogP contribution in [0.5, 0.6) is 0 Å². The molecule has 0 bridgehead atoms. The normalized spacial score (nSPS) is 18.2. The van der Waals surface area contributed by atoms with Crippen molar-refractivity contribution in [2.24, 2.45) is 11.3 Å². The van der Waals surface area contributed by atoms with E-state index in [0.29, 0.717) is 17.9 Å². The minimum absolute atomic E-state index is 0.122.